The summed E-state index contributed by atoms with van der Waals surface area (Å²) >= 11 is 2.78. The number of para-hydroxylation sites is 1. The largest absolute Gasteiger partial charge is 0.339 e. The average Bonchev–Trinajstić information content (AvgIpc) is 3.60. The van der Waals surface area contributed by atoms with Crippen LogP contribution in [0.4, 0.5) is 5.69 Å². The van der Waals surface area contributed by atoms with E-state index in [4.69, 9.17) is 4.99 Å². The summed E-state index contributed by atoms with van der Waals surface area (Å²) in [6.07, 6.45) is 1.99. The molecule has 0 bridgehead atoms. The van der Waals surface area contributed by atoms with Gasteiger partial charge in [0.15, 0.2) is 6.19 Å². The minimum Gasteiger partial charge on any atom is -0.339 e. The Balaban J connectivity index is 1.49. The van der Waals surface area contributed by atoms with E-state index in [1.807, 2.05) is 91.0 Å². The number of nitriles is 1. The summed E-state index contributed by atoms with van der Waals surface area (Å²) in [5.41, 5.74) is 3.40. The number of thiazole rings is 1. The Hall–Kier alpha value is -3.56. The maximum atomic E-state index is 14.0. The Morgan fingerprint density at radius 2 is 1.84 bits per heavy atom. The van der Waals surface area contributed by atoms with Crippen LogP contribution in [0.1, 0.15) is 22.2 Å². The van der Waals surface area contributed by atoms with Crippen molar-refractivity contribution in [3.05, 3.63) is 88.2 Å². The lowest BCUT2D eigenvalue weighted by atomic mass is 10.0. The van der Waals surface area contributed by atoms with Crippen molar-refractivity contribution < 1.29 is 8.42 Å². The number of rotatable bonds is 5. The van der Waals surface area contributed by atoms with Crippen molar-refractivity contribution in [2.24, 2.45) is 4.99 Å². The quantitative estimate of drug-likeness (QED) is 0.153. The predicted octanol–water partition coefficient (Wildman–Crippen LogP) is 5.29. The molecule has 0 spiro atoms. The van der Waals surface area contributed by atoms with Gasteiger partial charge in [0.1, 0.15) is 4.21 Å². The maximum absolute atomic E-state index is 14.0. The van der Waals surface area contributed by atoms with Gasteiger partial charge in [-0.15, -0.1) is 22.7 Å². The zero-order chi connectivity index (χ0) is 26.7. The molecule has 1 unspecified atom stereocenters. The molecule has 38 heavy (non-hydrogen) atoms. The molecule has 2 aromatic carbocycles. The molecule has 0 aliphatic carbocycles. The first-order chi connectivity index (χ1) is 18.4. The number of hydrogen-bond acceptors (Lipinski definition) is 7. The van der Waals surface area contributed by atoms with Crippen molar-refractivity contribution in [2.45, 2.75) is 24.1 Å². The van der Waals surface area contributed by atoms with Gasteiger partial charge in [0.05, 0.1) is 27.3 Å². The molecule has 1 saturated heterocycles. The second kappa shape index (κ2) is 11.0. The fourth-order valence-corrected chi connectivity index (χ4v) is 8.09. The molecule has 1 aliphatic heterocycles. The predicted molar refractivity (Wildman–Crippen MR) is 152 cm³/mol. The lowest BCUT2D eigenvalue weighted by Crippen LogP contribution is -2.54. The molecule has 1 N–H and O–H groups in total. The number of aliphatic imine (C=N–C) groups is 1. The summed E-state index contributed by atoms with van der Waals surface area (Å²) in [7, 11) is -3.79. The van der Waals surface area contributed by atoms with E-state index >= 15 is 0 Å². The van der Waals surface area contributed by atoms with Gasteiger partial charge in [0.2, 0.25) is 5.96 Å². The number of aryl methyl sites for hydroxylation is 2. The SMILES string of the molecule is Cc1nc(-c2ccc(S(=O)(=O)N3CCN(C(=Nc4ccccc4C)NC#N)CC3c3ccccc3)s2)cs1. The standard InChI is InChI=1S/C27H26N6O2S3/c1-19-8-6-7-11-22(19)31-27(29-18-28)32-14-15-33(24(16-32)21-9-4-3-5-10-21)38(34,35)26-13-12-25(37-26)23-17-36-20(2)30-23/h3-13,17,24H,14-16H2,1-2H3,(H,29,31). The lowest BCUT2D eigenvalue weighted by molar-refractivity contribution is 0.192. The third-order valence-electron chi connectivity index (χ3n) is 6.34. The number of benzene rings is 2. The van der Waals surface area contributed by atoms with Crippen LogP contribution in [-0.4, -0.2) is 48.2 Å². The Morgan fingerprint density at radius 3 is 2.55 bits per heavy atom. The van der Waals surface area contributed by atoms with E-state index in [1.54, 1.807) is 10.4 Å². The highest BCUT2D eigenvalue weighted by molar-refractivity contribution is 7.91. The molecule has 1 fully saturated rings. The van der Waals surface area contributed by atoms with Crippen LogP contribution in [0.15, 0.2) is 81.3 Å². The van der Waals surface area contributed by atoms with Crippen molar-refractivity contribution in [3.8, 4) is 16.8 Å². The van der Waals surface area contributed by atoms with Crippen LogP contribution in [0.25, 0.3) is 10.6 Å². The number of thiophene rings is 1. The van der Waals surface area contributed by atoms with Crippen LogP contribution in [0.5, 0.6) is 0 Å². The van der Waals surface area contributed by atoms with E-state index in [2.05, 4.69) is 10.3 Å². The van der Waals surface area contributed by atoms with Crippen LogP contribution < -0.4 is 5.32 Å². The number of sulfonamides is 1. The van der Waals surface area contributed by atoms with Gasteiger partial charge < -0.3 is 4.90 Å². The maximum Gasteiger partial charge on any atom is 0.253 e. The third-order valence-corrected chi connectivity index (χ3v) is 10.6. The van der Waals surface area contributed by atoms with Crippen LogP contribution in [0.3, 0.4) is 0 Å². The minimum atomic E-state index is -3.79. The molecule has 194 valence electrons. The zero-order valence-electron chi connectivity index (χ0n) is 20.9. The minimum absolute atomic E-state index is 0.241. The second-order valence-corrected chi connectivity index (χ2v) is 13.1. The van der Waals surface area contributed by atoms with E-state index in [-0.39, 0.29) is 10.8 Å². The highest BCUT2D eigenvalue weighted by Crippen LogP contribution is 2.37. The molecule has 8 nitrogen and oxygen atoms in total. The fraction of sp³-hybridized carbons (Fsp3) is 0.222. The van der Waals surface area contributed by atoms with E-state index in [9.17, 15) is 13.7 Å². The van der Waals surface area contributed by atoms with Gasteiger partial charge in [-0.05, 0) is 43.2 Å². The summed E-state index contributed by atoms with van der Waals surface area (Å²) in [5.74, 6) is 0.400. The number of nitrogens with one attached hydrogen (secondary N) is 1. The van der Waals surface area contributed by atoms with Crippen molar-refractivity contribution in [1.82, 2.24) is 19.5 Å². The zero-order valence-corrected chi connectivity index (χ0v) is 23.4. The number of aromatic nitrogens is 1. The highest BCUT2D eigenvalue weighted by atomic mass is 32.2. The monoisotopic (exact) mass is 562 g/mol. The molecule has 0 radical (unpaired) electrons. The van der Waals surface area contributed by atoms with Gasteiger partial charge in [-0.3, -0.25) is 5.32 Å². The summed E-state index contributed by atoms with van der Waals surface area (Å²) < 4.78 is 29.8. The molecule has 11 heteroatoms. The molecule has 1 aliphatic rings. The van der Waals surface area contributed by atoms with Crippen LogP contribution >= 0.6 is 22.7 Å². The Kier molecular flexibility index (Phi) is 7.58. The van der Waals surface area contributed by atoms with Crippen LogP contribution in [-0.2, 0) is 10.0 Å². The van der Waals surface area contributed by atoms with Gasteiger partial charge in [-0.1, -0.05) is 48.5 Å². The van der Waals surface area contributed by atoms with Gasteiger partial charge in [-0.25, -0.2) is 18.4 Å². The summed E-state index contributed by atoms with van der Waals surface area (Å²) in [6, 6.07) is 20.3. The topological polar surface area (TPSA) is 102 Å². The molecular formula is C27H26N6O2S3. The van der Waals surface area contributed by atoms with Crippen molar-refractivity contribution in [3.63, 3.8) is 0 Å². The first-order valence-electron chi connectivity index (χ1n) is 12.0. The molecule has 4 aromatic rings. The van der Waals surface area contributed by atoms with Crippen molar-refractivity contribution in [2.75, 3.05) is 19.6 Å². The molecule has 5 rings (SSSR count). The van der Waals surface area contributed by atoms with E-state index in [0.717, 1.165) is 32.4 Å². The normalized spacial score (nSPS) is 16.8. The van der Waals surface area contributed by atoms with E-state index in [0.29, 0.717) is 19.0 Å². The Labute approximate surface area is 230 Å². The number of hydrogen-bond donors (Lipinski definition) is 1. The molecule has 0 amide bonds. The number of guanidine groups is 1. The molecule has 0 saturated carbocycles. The molecule has 3 heterocycles. The van der Waals surface area contributed by atoms with E-state index < -0.39 is 16.1 Å². The van der Waals surface area contributed by atoms with Gasteiger partial charge in [0.25, 0.3) is 10.0 Å². The summed E-state index contributed by atoms with van der Waals surface area (Å²) in [5, 5.41) is 15.0. The molecule has 1 atom stereocenters. The van der Waals surface area contributed by atoms with Crippen molar-refractivity contribution in [1.29, 1.82) is 5.26 Å². The highest BCUT2D eigenvalue weighted by Gasteiger charge is 2.38. The lowest BCUT2D eigenvalue weighted by Gasteiger charge is -2.41. The summed E-state index contributed by atoms with van der Waals surface area (Å²) in [4.78, 5) is 12.0. The second-order valence-electron chi connectivity index (χ2n) is 8.82. The Morgan fingerprint density at radius 1 is 1.08 bits per heavy atom. The van der Waals surface area contributed by atoms with E-state index in [1.165, 1.54) is 22.7 Å². The number of piperazine rings is 1. The first kappa shape index (κ1) is 26.1. The van der Waals surface area contributed by atoms with Gasteiger partial charge in [-0.2, -0.15) is 9.57 Å². The Bertz CT molecular complexity index is 1600. The summed E-state index contributed by atoms with van der Waals surface area (Å²) in [6.45, 7) is 4.85. The van der Waals surface area contributed by atoms with Crippen LogP contribution in [0, 0.1) is 25.3 Å². The molecule has 2 aromatic heterocycles. The number of nitrogens with zero attached hydrogens (tertiary/aromatic N) is 5. The van der Waals surface area contributed by atoms with Crippen molar-refractivity contribution >= 4 is 44.3 Å². The fourth-order valence-electron chi connectivity index (χ4n) is 4.41. The molecular weight excluding hydrogens is 537 g/mol. The van der Waals surface area contributed by atoms with Gasteiger partial charge >= 0.3 is 0 Å². The smallest absolute Gasteiger partial charge is 0.253 e. The first-order valence-corrected chi connectivity index (χ1v) is 15.1. The van der Waals surface area contributed by atoms with Gasteiger partial charge in [0, 0.05) is 25.0 Å². The van der Waals surface area contributed by atoms with Crippen LogP contribution in [0.2, 0.25) is 0 Å². The average molecular weight is 563 g/mol. The third kappa shape index (κ3) is 5.35.